The first kappa shape index (κ1) is 9.77. The number of fused-ring (bicyclic) bond motifs is 1. The minimum Gasteiger partial charge on any atom is -0.388 e. The van der Waals surface area contributed by atoms with Crippen molar-refractivity contribution in [2.24, 2.45) is 5.73 Å². The molecule has 1 aromatic heterocycles. The number of amidine groups is 1. The molecule has 0 amide bonds. The van der Waals surface area contributed by atoms with Gasteiger partial charge >= 0.3 is 0 Å². The summed E-state index contributed by atoms with van der Waals surface area (Å²) in [4.78, 5) is 3.24. The first-order valence-corrected chi connectivity index (χ1v) is 5.15. The molecule has 3 nitrogen and oxygen atoms in total. The van der Waals surface area contributed by atoms with E-state index in [0.717, 1.165) is 12.8 Å². The fourth-order valence-corrected chi connectivity index (χ4v) is 1.81. The van der Waals surface area contributed by atoms with E-state index >= 15 is 0 Å². The Hall–Kier alpha value is -1.77. The van der Waals surface area contributed by atoms with Gasteiger partial charge in [0.15, 0.2) is 0 Å². The van der Waals surface area contributed by atoms with Gasteiger partial charge in [0.05, 0.1) is 5.84 Å². The second-order valence-corrected chi connectivity index (χ2v) is 3.74. The van der Waals surface area contributed by atoms with Gasteiger partial charge in [-0.3, -0.25) is 5.41 Å². The zero-order valence-electron chi connectivity index (χ0n) is 8.59. The maximum atomic E-state index is 7.16. The molecule has 1 aromatic carbocycles. The number of rotatable bonds is 4. The highest BCUT2D eigenvalue weighted by Crippen LogP contribution is 2.19. The van der Waals surface area contributed by atoms with Crippen molar-refractivity contribution >= 4 is 16.7 Å². The molecule has 0 bridgehead atoms. The molecule has 78 valence electrons. The molecule has 0 saturated heterocycles. The predicted molar refractivity (Wildman–Crippen MR) is 63.2 cm³/mol. The Morgan fingerprint density at radius 2 is 2.13 bits per heavy atom. The van der Waals surface area contributed by atoms with E-state index < -0.39 is 0 Å². The molecule has 4 N–H and O–H groups in total. The summed E-state index contributed by atoms with van der Waals surface area (Å²) >= 11 is 0. The lowest BCUT2D eigenvalue weighted by Crippen LogP contribution is -2.08. The lowest BCUT2D eigenvalue weighted by atomic mass is 10.1. The van der Waals surface area contributed by atoms with Crippen LogP contribution in [0.25, 0.3) is 10.9 Å². The Morgan fingerprint density at radius 1 is 1.33 bits per heavy atom. The Bertz CT molecular complexity index is 470. The van der Waals surface area contributed by atoms with Gasteiger partial charge in [-0.05, 0) is 24.5 Å². The van der Waals surface area contributed by atoms with Gasteiger partial charge < -0.3 is 10.7 Å². The molecule has 2 rings (SSSR count). The van der Waals surface area contributed by atoms with Gasteiger partial charge in [-0.25, -0.2) is 0 Å². The number of hydrogen-bond acceptors (Lipinski definition) is 1. The van der Waals surface area contributed by atoms with Crippen LogP contribution < -0.4 is 5.73 Å². The summed E-state index contributed by atoms with van der Waals surface area (Å²) in [6.45, 7) is 0. The number of aromatic nitrogens is 1. The third-order valence-corrected chi connectivity index (χ3v) is 2.57. The van der Waals surface area contributed by atoms with Crippen molar-refractivity contribution < 1.29 is 0 Å². The van der Waals surface area contributed by atoms with E-state index in [2.05, 4.69) is 17.1 Å². The number of aromatic amines is 1. The van der Waals surface area contributed by atoms with Crippen LogP contribution in [0.1, 0.15) is 18.4 Å². The van der Waals surface area contributed by atoms with Crippen molar-refractivity contribution in [2.75, 3.05) is 0 Å². The molecule has 0 unspecified atom stereocenters. The van der Waals surface area contributed by atoms with Crippen molar-refractivity contribution in [1.82, 2.24) is 4.98 Å². The maximum absolute atomic E-state index is 7.16. The van der Waals surface area contributed by atoms with Gasteiger partial charge in [0.25, 0.3) is 0 Å². The van der Waals surface area contributed by atoms with Gasteiger partial charge in [0, 0.05) is 23.5 Å². The normalized spacial score (nSPS) is 10.7. The van der Waals surface area contributed by atoms with E-state index in [-0.39, 0.29) is 5.84 Å². The lowest BCUT2D eigenvalue weighted by molar-refractivity contribution is 0.862. The quantitative estimate of drug-likeness (QED) is 0.516. The lowest BCUT2D eigenvalue weighted by Gasteiger charge is -1.98. The van der Waals surface area contributed by atoms with Crippen LogP contribution in [-0.2, 0) is 6.42 Å². The molecule has 0 aliphatic heterocycles. The summed E-state index contributed by atoms with van der Waals surface area (Å²) in [6, 6.07) is 8.27. The van der Waals surface area contributed by atoms with Crippen LogP contribution in [0.3, 0.4) is 0 Å². The third-order valence-electron chi connectivity index (χ3n) is 2.57. The van der Waals surface area contributed by atoms with Crippen LogP contribution in [0.2, 0.25) is 0 Å². The summed E-state index contributed by atoms with van der Waals surface area (Å²) in [5.41, 5.74) is 7.81. The van der Waals surface area contributed by atoms with Gasteiger partial charge in [0.2, 0.25) is 0 Å². The van der Waals surface area contributed by atoms with Crippen molar-refractivity contribution in [2.45, 2.75) is 19.3 Å². The second kappa shape index (κ2) is 4.17. The van der Waals surface area contributed by atoms with Gasteiger partial charge in [0.1, 0.15) is 0 Å². The molecule has 15 heavy (non-hydrogen) atoms. The molecular weight excluding hydrogens is 186 g/mol. The van der Waals surface area contributed by atoms with Crippen LogP contribution in [0.4, 0.5) is 0 Å². The topological polar surface area (TPSA) is 65.7 Å². The average Bonchev–Trinajstić information content (AvgIpc) is 2.62. The molecule has 0 saturated carbocycles. The van der Waals surface area contributed by atoms with Crippen LogP contribution in [0, 0.1) is 5.41 Å². The second-order valence-electron chi connectivity index (χ2n) is 3.74. The van der Waals surface area contributed by atoms with Crippen LogP contribution >= 0.6 is 0 Å². The van der Waals surface area contributed by atoms with Crippen molar-refractivity contribution in [1.29, 1.82) is 5.41 Å². The zero-order chi connectivity index (χ0) is 10.7. The van der Waals surface area contributed by atoms with E-state index in [9.17, 15) is 0 Å². The van der Waals surface area contributed by atoms with Gasteiger partial charge in [-0.15, -0.1) is 0 Å². The summed E-state index contributed by atoms with van der Waals surface area (Å²) in [5, 5.41) is 8.43. The number of nitrogens with one attached hydrogen (secondary N) is 2. The van der Waals surface area contributed by atoms with Crippen molar-refractivity contribution in [3.8, 4) is 0 Å². The molecule has 1 heterocycles. The van der Waals surface area contributed by atoms with E-state index in [1.54, 1.807) is 0 Å². The SMILES string of the molecule is N=C(N)CCCc1c[nH]c2ccccc12. The number of para-hydroxylation sites is 1. The third kappa shape index (κ3) is 2.18. The monoisotopic (exact) mass is 201 g/mol. The zero-order valence-corrected chi connectivity index (χ0v) is 8.59. The van der Waals surface area contributed by atoms with Crippen LogP contribution in [0.5, 0.6) is 0 Å². The highest BCUT2D eigenvalue weighted by molar-refractivity contribution is 5.83. The Morgan fingerprint density at radius 3 is 2.93 bits per heavy atom. The molecule has 0 aliphatic carbocycles. The highest BCUT2D eigenvalue weighted by Gasteiger charge is 2.02. The number of benzene rings is 1. The smallest absolute Gasteiger partial charge is 0.0905 e. The summed E-state index contributed by atoms with van der Waals surface area (Å²) in [6.07, 6.45) is 4.64. The summed E-state index contributed by atoms with van der Waals surface area (Å²) in [7, 11) is 0. The van der Waals surface area contributed by atoms with E-state index in [0.29, 0.717) is 6.42 Å². The Labute approximate surface area is 88.8 Å². The van der Waals surface area contributed by atoms with Gasteiger partial charge in [-0.1, -0.05) is 18.2 Å². The van der Waals surface area contributed by atoms with Crippen molar-refractivity contribution in [3.05, 3.63) is 36.0 Å². The molecule has 0 spiro atoms. The first-order valence-electron chi connectivity index (χ1n) is 5.15. The van der Waals surface area contributed by atoms with Crippen molar-refractivity contribution in [3.63, 3.8) is 0 Å². The highest BCUT2D eigenvalue weighted by atomic mass is 14.7. The predicted octanol–water partition coefficient (Wildman–Crippen LogP) is 2.43. The van der Waals surface area contributed by atoms with Crippen LogP contribution in [-0.4, -0.2) is 10.8 Å². The van der Waals surface area contributed by atoms with E-state index in [1.165, 1.54) is 16.5 Å². The number of aryl methyl sites for hydroxylation is 1. The fraction of sp³-hybridized carbons (Fsp3) is 0.250. The molecule has 0 aliphatic rings. The molecular formula is C12H15N3. The van der Waals surface area contributed by atoms with Crippen LogP contribution in [0.15, 0.2) is 30.5 Å². The van der Waals surface area contributed by atoms with E-state index in [1.807, 2.05) is 18.3 Å². The molecule has 0 radical (unpaired) electrons. The number of nitrogens with two attached hydrogens (primary N) is 1. The van der Waals surface area contributed by atoms with Gasteiger partial charge in [-0.2, -0.15) is 0 Å². The molecule has 0 fully saturated rings. The first-order chi connectivity index (χ1) is 7.27. The fourth-order valence-electron chi connectivity index (χ4n) is 1.81. The number of H-pyrrole nitrogens is 1. The molecule has 3 heteroatoms. The average molecular weight is 201 g/mol. The summed E-state index contributed by atoms with van der Waals surface area (Å²) < 4.78 is 0. The van der Waals surface area contributed by atoms with E-state index in [4.69, 9.17) is 11.1 Å². The number of hydrogen-bond donors (Lipinski definition) is 3. The Balaban J connectivity index is 2.11. The Kier molecular flexibility index (Phi) is 2.72. The molecule has 2 aromatic rings. The minimum atomic E-state index is 0.273. The molecule has 0 atom stereocenters. The summed E-state index contributed by atoms with van der Waals surface area (Å²) in [5.74, 6) is 0.273. The largest absolute Gasteiger partial charge is 0.388 e. The maximum Gasteiger partial charge on any atom is 0.0905 e. The minimum absolute atomic E-state index is 0.273. The standard InChI is InChI=1S/C12H15N3/c13-12(14)7-3-4-9-8-15-11-6-2-1-5-10(9)11/h1-2,5-6,8,15H,3-4,7H2,(H3,13,14).